The second kappa shape index (κ2) is 6.49. The minimum absolute atomic E-state index is 0.0239. The average molecular weight is 286 g/mol. The highest BCUT2D eigenvalue weighted by Crippen LogP contribution is 2.18. The summed E-state index contributed by atoms with van der Waals surface area (Å²) in [6, 6.07) is 10.4. The fraction of sp³-hybridized carbons (Fsp3) is 0.400. The molecular weight excluding hydrogens is 264 g/mol. The summed E-state index contributed by atoms with van der Waals surface area (Å²) in [5.41, 5.74) is 6.98. The molecule has 0 aliphatic rings. The maximum Gasteiger partial charge on any atom is 0.229 e. The van der Waals surface area contributed by atoms with Crippen molar-refractivity contribution in [1.29, 1.82) is 0 Å². The van der Waals surface area contributed by atoms with Gasteiger partial charge in [-0.05, 0) is 19.4 Å². The summed E-state index contributed by atoms with van der Waals surface area (Å²) < 4.78 is 0. The number of nitrogens with zero attached hydrogens (tertiary/aromatic N) is 4. The third-order valence-electron chi connectivity index (χ3n) is 3.25. The molecule has 0 aliphatic carbocycles. The van der Waals surface area contributed by atoms with Crippen LogP contribution in [0.1, 0.15) is 37.3 Å². The first kappa shape index (κ1) is 15.2. The predicted octanol–water partition coefficient (Wildman–Crippen LogP) is 1.93. The van der Waals surface area contributed by atoms with Crippen LogP contribution in [0, 0.1) is 0 Å². The Kier molecular flexibility index (Phi) is 4.70. The smallest absolute Gasteiger partial charge is 0.229 e. The van der Waals surface area contributed by atoms with Gasteiger partial charge in [-0.2, -0.15) is 15.0 Å². The Balaban J connectivity index is 2.15. The van der Waals surface area contributed by atoms with E-state index in [1.54, 1.807) is 0 Å². The molecule has 1 aromatic heterocycles. The molecule has 2 atom stereocenters. The van der Waals surface area contributed by atoms with E-state index in [0.29, 0.717) is 11.8 Å². The molecule has 1 aromatic carbocycles. The zero-order valence-corrected chi connectivity index (χ0v) is 12.9. The predicted molar refractivity (Wildman–Crippen MR) is 85.0 cm³/mol. The van der Waals surface area contributed by atoms with E-state index in [1.165, 1.54) is 5.56 Å². The van der Waals surface area contributed by atoms with Crippen LogP contribution < -0.4 is 16.0 Å². The molecule has 0 fully saturated rings. The molecule has 0 aliphatic heterocycles. The van der Waals surface area contributed by atoms with Crippen LogP contribution in [-0.2, 0) is 0 Å². The molecule has 0 spiro atoms. The van der Waals surface area contributed by atoms with E-state index in [0.717, 1.165) is 0 Å². The molecule has 0 saturated heterocycles. The molecule has 6 heteroatoms. The molecule has 6 nitrogen and oxygen atoms in total. The van der Waals surface area contributed by atoms with Crippen molar-refractivity contribution in [3.8, 4) is 0 Å². The summed E-state index contributed by atoms with van der Waals surface area (Å²) >= 11 is 0. The van der Waals surface area contributed by atoms with Crippen molar-refractivity contribution >= 4 is 11.9 Å². The van der Waals surface area contributed by atoms with Crippen LogP contribution in [0.5, 0.6) is 0 Å². The maximum absolute atomic E-state index is 5.76. The van der Waals surface area contributed by atoms with Crippen molar-refractivity contribution in [3.05, 3.63) is 41.7 Å². The number of nitrogens with one attached hydrogen (secondary N) is 1. The first-order valence-corrected chi connectivity index (χ1v) is 6.97. The number of rotatable bonds is 5. The highest BCUT2D eigenvalue weighted by molar-refractivity contribution is 5.33. The zero-order valence-electron chi connectivity index (χ0n) is 12.9. The first-order valence-electron chi connectivity index (χ1n) is 6.97. The quantitative estimate of drug-likeness (QED) is 0.874. The molecule has 1 heterocycles. The third-order valence-corrected chi connectivity index (χ3v) is 3.25. The SMILES string of the molecule is C[C@H](N[C@H](C)c1ccccc1)c1nc(N)nc(N(C)C)n1. The normalized spacial score (nSPS) is 13.7. The molecule has 0 radical (unpaired) electrons. The van der Waals surface area contributed by atoms with Gasteiger partial charge in [0.15, 0.2) is 5.82 Å². The first-order chi connectivity index (χ1) is 9.97. The molecular formula is C15H22N6. The second-order valence-corrected chi connectivity index (χ2v) is 5.27. The van der Waals surface area contributed by atoms with E-state index in [2.05, 4.69) is 39.3 Å². The largest absolute Gasteiger partial charge is 0.368 e. The van der Waals surface area contributed by atoms with Gasteiger partial charge < -0.3 is 16.0 Å². The van der Waals surface area contributed by atoms with Gasteiger partial charge in [-0.1, -0.05) is 30.3 Å². The van der Waals surface area contributed by atoms with E-state index < -0.39 is 0 Å². The molecule has 3 N–H and O–H groups in total. The summed E-state index contributed by atoms with van der Waals surface area (Å²) in [6.07, 6.45) is 0. The van der Waals surface area contributed by atoms with Gasteiger partial charge in [0.25, 0.3) is 0 Å². The number of nitrogens with two attached hydrogens (primary N) is 1. The highest BCUT2D eigenvalue weighted by atomic mass is 15.3. The summed E-state index contributed by atoms with van der Waals surface area (Å²) in [4.78, 5) is 14.6. The van der Waals surface area contributed by atoms with Gasteiger partial charge in [-0.3, -0.25) is 0 Å². The lowest BCUT2D eigenvalue weighted by Gasteiger charge is -2.20. The topological polar surface area (TPSA) is 80.0 Å². The van der Waals surface area contributed by atoms with Crippen LogP contribution in [0.15, 0.2) is 30.3 Å². The Bertz CT molecular complexity index is 584. The number of aromatic nitrogens is 3. The van der Waals surface area contributed by atoms with Gasteiger partial charge in [0.1, 0.15) is 0 Å². The van der Waals surface area contributed by atoms with Gasteiger partial charge in [-0.25, -0.2) is 0 Å². The van der Waals surface area contributed by atoms with Gasteiger partial charge in [0, 0.05) is 20.1 Å². The van der Waals surface area contributed by atoms with E-state index in [9.17, 15) is 0 Å². The van der Waals surface area contributed by atoms with E-state index >= 15 is 0 Å². The Labute approximate surface area is 125 Å². The summed E-state index contributed by atoms with van der Waals surface area (Å²) in [5.74, 6) is 1.46. The number of anilines is 2. The average Bonchev–Trinajstić information content (AvgIpc) is 2.47. The van der Waals surface area contributed by atoms with Crippen LogP contribution in [0.2, 0.25) is 0 Å². The van der Waals surface area contributed by atoms with Crippen LogP contribution in [0.25, 0.3) is 0 Å². The summed E-state index contributed by atoms with van der Waals surface area (Å²) in [7, 11) is 3.76. The van der Waals surface area contributed by atoms with Crippen LogP contribution in [0.4, 0.5) is 11.9 Å². The monoisotopic (exact) mass is 286 g/mol. The Hall–Kier alpha value is -2.21. The molecule has 0 bridgehead atoms. The number of benzene rings is 1. The van der Waals surface area contributed by atoms with E-state index in [4.69, 9.17) is 5.73 Å². The van der Waals surface area contributed by atoms with Gasteiger partial charge in [-0.15, -0.1) is 0 Å². The molecule has 2 aromatic rings. The standard InChI is InChI=1S/C15H22N6/c1-10(12-8-6-5-7-9-12)17-11(2)13-18-14(16)20-15(19-13)21(3)4/h5-11,17H,1-4H3,(H2,16,18,19,20)/t10-,11+/m1/s1. The second-order valence-electron chi connectivity index (χ2n) is 5.27. The van der Waals surface area contributed by atoms with Crippen LogP contribution >= 0.6 is 0 Å². The molecule has 112 valence electrons. The molecule has 0 unspecified atom stereocenters. The van der Waals surface area contributed by atoms with Gasteiger partial charge >= 0.3 is 0 Å². The summed E-state index contributed by atoms with van der Waals surface area (Å²) in [6.45, 7) is 4.14. The van der Waals surface area contributed by atoms with Gasteiger partial charge in [0.2, 0.25) is 11.9 Å². The molecule has 21 heavy (non-hydrogen) atoms. The van der Waals surface area contributed by atoms with Crippen molar-refractivity contribution in [2.45, 2.75) is 25.9 Å². The lowest BCUT2D eigenvalue weighted by atomic mass is 10.1. The zero-order chi connectivity index (χ0) is 15.4. The Morgan fingerprint density at radius 1 is 1.00 bits per heavy atom. The highest BCUT2D eigenvalue weighted by Gasteiger charge is 2.15. The Morgan fingerprint density at radius 3 is 2.29 bits per heavy atom. The number of nitrogen functional groups attached to an aromatic ring is 1. The van der Waals surface area contributed by atoms with Crippen LogP contribution in [0.3, 0.4) is 0 Å². The summed E-state index contributed by atoms with van der Waals surface area (Å²) in [5, 5.41) is 3.48. The Morgan fingerprint density at radius 2 is 1.67 bits per heavy atom. The number of hydrogen-bond donors (Lipinski definition) is 2. The van der Waals surface area contributed by atoms with Crippen molar-refractivity contribution in [2.24, 2.45) is 0 Å². The van der Waals surface area contributed by atoms with Crippen LogP contribution in [-0.4, -0.2) is 29.0 Å². The lowest BCUT2D eigenvalue weighted by molar-refractivity contribution is 0.476. The molecule has 0 amide bonds. The lowest BCUT2D eigenvalue weighted by Crippen LogP contribution is -2.26. The third kappa shape index (κ3) is 3.88. The van der Waals surface area contributed by atoms with Crippen molar-refractivity contribution in [1.82, 2.24) is 20.3 Å². The molecule has 2 rings (SSSR count). The van der Waals surface area contributed by atoms with Crippen molar-refractivity contribution < 1.29 is 0 Å². The van der Waals surface area contributed by atoms with Crippen molar-refractivity contribution in [3.63, 3.8) is 0 Å². The maximum atomic E-state index is 5.76. The fourth-order valence-corrected chi connectivity index (χ4v) is 2.08. The van der Waals surface area contributed by atoms with E-state index in [-0.39, 0.29) is 18.0 Å². The fourth-order valence-electron chi connectivity index (χ4n) is 2.08. The van der Waals surface area contributed by atoms with Gasteiger partial charge in [0.05, 0.1) is 6.04 Å². The van der Waals surface area contributed by atoms with E-state index in [1.807, 2.05) is 44.1 Å². The molecule has 0 saturated carbocycles. The number of hydrogen-bond acceptors (Lipinski definition) is 6. The minimum Gasteiger partial charge on any atom is -0.368 e. The minimum atomic E-state index is -0.0239. The van der Waals surface area contributed by atoms with Crippen molar-refractivity contribution in [2.75, 3.05) is 24.7 Å².